The quantitative estimate of drug-likeness (QED) is 0.332. The fourth-order valence-electron chi connectivity index (χ4n) is 4.06. The number of aliphatic imine (C=N–C) groups is 1. The Labute approximate surface area is 192 Å². The van der Waals surface area contributed by atoms with Crippen LogP contribution in [0.25, 0.3) is 0 Å². The van der Waals surface area contributed by atoms with E-state index in [4.69, 9.17) is 14.5 Å². The van der Waals surface area contributed by atoms with E-state index < -0.39 is 0 Å². The molecule has 2 N–H and O–H groups in total. The number of nitrogens with zero attached hydrogens (tertiary/aromatic N) is 2. The van der Waals surface area contributed by atoms with Crippen molar-refractivity contribution in [1.29, 1.82) is 0 Å². The number of benzene rings is 1. The van der Waals surface area contributed by atoms with Gasteiger partial charge in [0.15, 0.2) is 5.96 Å². The number of hydrogen-bond donors (Lipinski definition) is 2. The molecule has 0 radical (unpaired) electrons. The third-order valence-electron chi connectivity index (χ3n) is 5.95. The molecule has 0 amide bonds. The van der Waals surface area contributed by atoms with E-state index in [-0.39, 0.29) is 29.4 Å². The summed E-state index contributed by atoms with van der Waals surface area (Å²) in [5.41, 5.74) is 1.44. The van der Waals surface area contributed by atoms with Crippen LogP contribution in [0.1, 0.15) is 32.3 Å². The van der Waals surface area contributed by atoms with Crippen molar-refractivity contribution in [2.75, 3.05) is 59.2 Å². The second-order valence-electron chi connectivity index (χ2n) is 7.83. The molecule has 1 unspecified atom stereocenters. The van der Waals surface area contributed by atoms with E-state index in [1.165, 1.54) is 5.56 Å². The molecule has 164 valence electrons. The highest BCUT2D eigenvalue weighted by Crippen LogP contribution is 2.35. The topological polar surface area (TPSA) is 58.1 Å². The maximum absolute atomic E-state index is 5.65. The van der Waals surface area contributed by atoms with Gasteiger partial charge < -0.3 is 20.1 Å². The van der Waals surface area contributed by atoms with E-state index in [0.717, 1.165) is 78.0 Å². The number of nitrogens with one attached hydrogen (secondary N) is 2. The summed E-state index contributed by atoms with van der Waals surface area (Å²) in [5, 5.41) is 6.96. The zero-order chi connectivity index (χ0) is 19.7. The smallest absolute Gasteiger partial charge is 0.191 e. The van der Waals surface area contributed by atoms with Gasteiger partial charge in [-0.3, -0.25) is 9.89 Å². The zero-order valence-electron chi connectivity index (χ0n) is 17.9. The molecular formula is C22H37IN4O2. The summed E-state index contributed by atoms with van der Waals surface area (Å²) in [7, 11) is 0. The number of rotatable bonds is 7. The molecule has 2 aliphatic heterocycles. The summed E-state index contributed by atoms with van der Waals surface area (Å²) in [5.74, 6) is 0.907. The molecular weight excluding hydrogens is 479 g/mol. The predicted molar refractivity (Wildman–Crippen MR) is 129 cm³/mol. The third kappa shape index (κ3) is 7.08. The first kappa shape index (κ1) is 24.4. The fraction of sp³-hybridized carbons (Fsp3) is 0.682. The summed E-state index contributed by atoms with van der Waals surface area (Å²) in [4.78, 5) is 7.47. The Balaban J connectivity index is 0.00000300. The molecule has 29 heavy (non-hydrogen) atoms. The van der Waals surface area contributed by atoms with E-state index in [2.05, 4.69) is 59.7 Å². The second kappa shape index (κ2) is 12.7. The van der Waals surface area contributed by atoms with E-state index in [1.807, 2.05) is 0 Å². The van der Waals surface area contributed by atoms with Crippen LogP contribution in [0.2, 0.25) is 0 Å². The summed E-state index contributed by atoms with van der Waals surface area (Å²) >= 11 is 0. The molecule has 6 nitrogen and oxygen atoms in total. The highest BCUT2D eigenvalue weighted by Gasteiger charge is 2.34. The van der Waals surface area contributed by atoms with E-state index in [9.17, 15) is 0 Å². The molecule has 0 aliphatic carbocycles. The van der Waals surface area contributed by atoms with Crippen molar-refractivity contribution in [3.8, 4) is 0 Å². The van der Waals surface area contributed by atoms with Gasteiger partial charge in [0.25, 0.3) is 0 Å². The molecule has 3 rings (SSSR count). The maximum Gasteiger partial charge on any atom is 0.191 e. The standard InChI is InChI=1S/C22H36N4O2.HI/c1-3-23-21(24-17-19(2)26-11-15-28-16-12-26)25-18-22(9-13-27-14-10-22)20-7-5-4-6-8-20;/h4-8,19H,3,9-18H2,1-2H3,(H2,23,24,25);1H. The van der Waals surface area contributed by atoms with Crippen molar-refractivity contribution >= 4 is 29.9 Å². The first-order valence-corrected chi connectivity index (χ1v) is 10.7. The highest BCUT2D eigenvalue weighted by atomic mass is 127. The van der Waals surface area contributed by atoms with Crippen molar-refractivity contribution in [1.82, 2.24) is 15.5 Å². The molecule has 0 saturated carbocycles. The van der Waals surface area contributed by atoms with Crippen LogP contribution in [-0.2, 0) is 14.9 Å². The Bertz CT molecular complexity index is 602. The van der Waals surface area contributed by atoms with Crippen molar-refractivity contribution in [3.63, 3.8) is 0 Å². The van der Waals surface area contributed by atoms with Crippen LogP contribution in [0.3, 0.4) is 0 Å². The van der Waals surface area contributed by atoms with Crippen LogP contribution in [0.15, 0.2) is 35.3 Å². The van der Waals surface area contributed by atoms with Gasteiger partial charge in [-0.25, -0.2) is 0 Å². The van der Waals surface area contributed by atoms with Gasteiger partial charge in [0.2, 0.25) is 0 Å². The average Bonchev–Trinajstić information content (AvgIpc) is 2.77. The molecule has 2 aliphatic rings. The zero-order valence-corrected chi connectivity index (χ0v) is 20.2. The summed E-state index contributed by atoms with van der Waals surface area (Å²) < 4.78 is 11.1. The van der Waals surface area contributed by atoms with Gasteiger partial charge >= 0.3 is 0 Å². The molecule has 0 bridgehead atoms. The Morgan fingerprint density at radius 2 is 1.72 bits per heavy atom. The van der Waals surface area contributed by atoms with Crippen LogP contribution in [0.4, 0.5) is 0 Å². The van der Waals surface area contributed by atoms with Crippen molar-refractivity contribution in [2.24, 2.45) is 4.99 Å². The lowest BCUT2D eigenvalue weighted by atomic mass is 9.74. The second-order valence-corrected chi connectivity index (χ2v) is 7.83. The Hall–Kier alpha value is -0.900. The number of guanidine groups is 1. The minimum atomic E-state index is 0. The van der Waals surface area contributed by atoms with Gasteiger partial charge in [0, 0.05) is 50.8 Å². The Kier molecular flexibility index (Phi) is 10.7. The van der Waals surface area contributed by atoms with Gasteiger partial charge in [-0.15, -0.1) is 24.0 Å². The van der Waals surface area contributed by atoms with E-state index in [1.54, 1.807) is 0 Å². The lowest BCUT2D eigenvalue weighted by molar-refractivity contribution is 0.0211. The van der Waals surface area contributed by atoms with Gasteiger partial charge in [-0.2, -0.15) is 0 Å². The molecule has 0 spiro atoms. The van der Waals surface area contributed by atoms with E-state index in [0.29, 0.717) is 6.04 Å². The van der Waals surface area contributed by atoms with Gasteiger partial charge in [-0.1, -0.05) is 30.3 Å². The predicted octanol–water partition coefficient (Wildman–Crippen LogP) is 2.63. The minimum Gasteiger partial charge on any atom is -0.381 e. The van der Waals surface area contributed by atoms with Crippen LogP contribution in [-0.4, -0.2) is 76.1 Å². The SMILES string of the molecule is CCNC(=NCC1(c2ccccc2)CCOCC1)NCC(C)N1CCOCC1.I. The van der Waals surface area contributed by atoms with Crippen molar-refractivity contribution in [2.45, 2.75) is 38.1 Å². The first-order valence-electron chi connectivity index (χ1n) is 10.7. The van der Waals surface area contributed by atoms with Crippen molar-refractivity contribution in [3.05, 3.63) is 35.9 Å². The van der Waals surface area contributed by atoms with E-state index >= 15 is 0 Å². The largest absolute Gasteiger partial charge is 0.381 e. The average molecular weight is 516 g/mol. The van der Waals surface area contributed by atoms with Gasteiger partial charge in [0.05, 0.1) is 19.8 Å². The minimum absolute atomic E-state index is 0. The summed E-state index contributed by atoms with van der Waals surface area (Å²) in [6.45, 7) is 12.2. The molecule has 1 atom stereocenters. The normalized spacial score (nSPS) is 21.1. The first-order chi connectivity index (χ1) is 13.7. The molecule has 1 aromatic carbocycles. The summed E-state index contributed by atoms with van der Waals surface area (Å²) in [6.07, 6.45) is 2.04. The highest BCUT2D eigenvalue weighted by molar-refractivity contribution is 14.0. The van der Waals surface area contributed by atoms with Gasteiger partial charge in [0.1, 0.15) is 0 Å². The van der Waals surface area contributed by atoms with Crippen LogP contribution >= 0.6 is 24.0 Å². The van der Waals surface area contributed by atoms with Gasteiger partial charge in [-0.05, 0) is 32.3 Å². The third-order valence-corrected chi connectivity index (χ3v) is 5.95. The molecule has 2 heterocycles. The lowest BCUT2D eigenvalue weighted by Crippen LogP contribution is -2.49. The molecule has 7 heteroatoms. The molecule has 0 aromatic heterocycles. The van der Waals surface area contributed by atoms with Crippen molar-refractivity contribution < 1.29 is 9.47 Å². The number of ether oxygens (including phenoxy) is 2. The summed E-state index contributed by atoms with van der Waals surface area (Å²) in [6, 6.07) is 11.3. The number of halogens is 1. The molecule has 1 aromatic rings. The van der Waals surface area contributed by atoms with Crippen LogP contribution in [0, 0.1) is 0 Å². The Morgan fingerprint density at radius 1 is 1.07 bits per heavy atom. The molecule has 2 saturated heterocycles. The molecule has 2 fully saturated rings. The Morgan fingerprint density at radius 3 is 2.38 bits per heavy atom. The van der Waals surface area contributed by atoms with Crippen LogP contribution in [0.5, 0.6) is 0 Å². The van der Waals surface area contributed by atoms with Crippen LogP contribution < -0.4 is 10.6 Å². The fourth-order valence-corrected chi connectivity index (χ4v) is 4.06. The lowest BCUT2D eigenvalue weighted by Gasteiger charge is -2.37. The number of hydrogen-bond acceptors (Lipinski definition) is 4. The number of morpholine rings is 1. The maximum atomic E-state index is 5.65. The monoisotopic (exact) mass is 516 g/mol.